The van der Waals surface area contributed by atoms with Crippen LogP contribution in [0, 0.1) is 11.8 Å². The number of fused-ring (bicyclic) bond motifs is 1. The van der Waals surface area contributed by atoms with Crippen LogP contribution >= 0.6 is 0 Å². The van der Waals surface area contributed by atoms with Gasteiger partial charge in [0, 0.05) is 26.2 Å². The molecule has 2 saturated heterocycles. The van der Waals surface area contributed by atoms with Crippen LogP contribution in [0.5, 0.6) is 0 Å². The van der Waals surface area contributed by atoms with Crippen LogP contribution in [0.15, 0.2) is 0 Å². The first kappa shape index (κ1) is 12.0. The maximum absolute atomic E-state index is 11.9. The van der Waals surface area contributed by atoms with Crippen LogP contribution < -0.4 is 0 Å². The maximum Gasteiger partial charge on any atom is 0.304 e. The molecule has 0 spiro atoms. The lowest BCUT2D eigenvalue weighted by Gasteiger charge is -2.18. The molecule has 0 aromatic rings. The van der Waals surface area contributed by atoms with Gasteiger partial charge >= 0.3 is 5.97 Å². The van der Waals surface area contributed by atoms with Crippen molar-refractivity contribution in [1.29, 1.82) is 0 Å². The number of hydrogen-bond donors (Lipinski definition) is 1. The van der Waals surface area contributed by atoms with E-state index in [1.165, 1.54) is 4.90 Å². The summed E-state index contributed by atoms with van der Waals surface area (Å²) in [6.45, 7) is 3.66. The number of carbonyl (C=O) groups excluding carboxylic acids is 2. The van der Waals surface area contributed by atoms with Crippen molar-refractivity contribution in [2.24, 2.45) is 11.8 Å². The van der Waals surface area contributed by atoms with E-state index in [1.54, 1.807) is 6.92 Å². The fourth-order valence-corrected chi connectivity index (χ4v) is 2.64. The third-order valence-electron chi connectivity index (χ3n) is 3.52. The molecule has 2 rings (SSSR count). The molecule has 2 heterocycles. The van der Waals surface area contributed by atoms with Crippen molar-refractivity contribution in [3.8, 4) is 0 Å². The van der Waals surface area contributed by atoms with Crippen molar-refractivity contribution in [3.63, 3.8) is 0 Å². The van der Waals surface area contributed by atoms with Gasteiger partial charge in [-0.05, 0) is 6.92 Å². The number of hydrogen-bond acceptors (Lipinski definition) is 4. The Morgan fingerprint density at radius 3 is 2.24 bits per heavy atom. The molecule has 2 atom stereocenters. The lowest BCUT2D eigenvalue weighted by Crippen LogP contribution is -2.36. The Bertz CT molecular complexity index is 344. The molecule has 2 fully saturated rings. The first-order valence-electron chi connectivity index (χ1n) is 5.84. The zero-order chi connectivity index (χ0) is 12.6. The quantitative estimate of drug-likeness (QED) is 0.664. The number of likely N-dealkylation sites (tertiary alicyclic amines) is 2. The highest BCUT2D eigenvalue weighted by atomic mass is 16.4. The summed E-state index contributed by atoms with van der Waals surface area (Å²) in [6.07, 6.45) is 0.0549. The standard InChI is InChI=1S/C11H16N2O4/c1-2-13-10(16)7-5-12(4-3-9(14)15)6-8(7)11(13)17/h7-8H,2-6H2,1H3,(H,14,15)/t7-,8-/m1/s1. The Morgan fingerprint density at radius 2 is 1.82 bits per heavy atom. The summed E-state index contributed by atoms with van der Waals surface area (Å²) in [4.78, 5) is 37.4. The summed E-state index contributed by atoms with van der Waals surface area (Å²) in [5.41, 5.74) is 0. The van der Waals surface area contributed by atoms with Crippen LogP contribution in [0.25, 0.3) is 0 Å². The van der Waals surface area contributed by atoms with E-state index in [1.807, 2.05) is 4.90 Å². The Morgan fingerprint density at radius 1 is 1.29 bits per heavy atom. The second kappa shape index (κ2) is 4.44. The highest BCUT2D eigenvalue weighted by molar-refractivity contribution is 6.05. The van der Waals surface area contributed by atoms with E-state index in [0.29, 0.717) is 26.2 Å². The summed E-state index contributed by atoms with van der Waals surface area (Å²) < 4.78 is 0. The zero-order valence-corrected chi connectivity index (χ0v) is 9.76. The van der Waals surface area contributed by atoms with Crippen molar-refractivity contribution < 1.29 is 19.5 Å². The fourth-order valence-electron chi connectivity index (χ4n) is 2.64. The molecule has 1 N–H and O–H groups in total. The normalized spacial score (nSPS) is 28.9. The largest absolute Gasteiger partial charge is 0.481 e. The summed E-state index contributed by atoms with van der Waals surface area (Å²) in [6, 6.07) is 0. The Hall–Kier alpha value is -1.43. The minimum Gasteiger partial charge on any atom is -0.481 e. The lowest BCUT2D eigenvalue weighted by atomic mass is 10.00. The van der Waals surface area contributed by atoms with Gasteiger partial charge in [0.05, 0.1) is 18.3 Å². The summed E-state index contributed by atoms with van der Waals surface area (Å²) in [5.74, 6) is -1.55. The summed E-state index contributed by atoms with van der Waals surface area (Å²) >= 11 is 0. The highest BCUT2D eigenvalue weighted by Gasteiger charge is 2.51. The van der Waals surface area contributed by atoms with E-state index in [-0.39, 0.29) is 30.1 Å². The monoisotopic (exact) mass is 240 g/mol. The first-order valence-corrected chi connectivity index (χ1v) is 5.84. The van der Waals surface area contributed by atoms with Crippen molar-refractivity contribution in [1.82, 2.24) is 9.80 Å². The van der Waals surface area contributed by atoms with Crippen LogP contribution in [0.4, 0.5) is 0 Å². The Kier molecular flexibility index (Phi) is 3.15. The van der Waals surface area contributed by atoms with Gasteiger partial charge in [0.15, 0.2) is 0 Å². The minimum atomic E-state index is -0.852. The molecule has 0 aliphatic carbocycles. The number of amides is 2. The van der Waals surface area contributed by atoms with E-state index in [2.05, 4.69) is 0 Å². The molecule has 2 amide bonds. The molecule has 6 heteroatoms. The van der Waals surface area contributed by atoms with Gasteiger partial charge in [0.1, 0.15) is 0 Å². The number of nitrogens with zero attached hydrogens (tertiary/aromatic N) is 2. The van der Waals surface area contributed by atoms with Gasteiger partial charge in [-0.1, -0.05) is 0 Å². The summed E-state index contributed by atoms with van der Waals surface area (Å²) in [5, 5.41) is 8.59. The van der Waals surface area contributed by atoms with Gasteiger partial charge in [-0.25, -0.2) is 0 Å². The SMILES string of the molecule is CCN1C(=O)[C@@H]2CN(CCC(=O)O)C[C@H]2C1=O. The molecule has 0 radical (unpaired) electrons. The van der Waals surface area contributed by atoms with Gasteiger partial charge in [0.2, 0.25) is 11.8 Å². The summed E-state index contributed by atoms with van der Waals surface area (Å²) in [7, 11) is 0. The van der Waals surface area contributed by atoms with Gasteiger partial charge in [-0.3, -0.25) is 19.3 Å². The molecular formula is C11H16N2O4. The van der Waals surface area contributed by atoms with Crippen LogP contribution in [-0.2, 0) is 14.4 Å². The second-order valence-corrected chi connectivity index (χ2v) is 4.54. The maximum atomic E-state index is 11.9. The van der Waals surface area contributed by atoms with Gasteiger partial charge in [-0.2, -0.15) is 0 Å². The number of carbonyl (C=O) groups is 3. The molecule has 2 aliphatic heterocycles. The predicted molar refractivity (Wildman–Crippen MR) is 58.1 cm³/mol. The van der Waals surface area contributed by atoms with E-state index >= 15 is 0 Å². The number of carboxylic acid groups (broad SMARTS) is 1. The molecule has 94 valence electrons. The third-order valence-corrected chi connectivity index (χ3v) is 3.52. The molecule has 17 heavy (non-hydrogen) atoms. The number of rotatable bonds is 4. The van der Waals surface area contributed by atoms with E-state index < -0.39 is 5.97 Å². The zero-order valence-electron chi connectivity index (χ0n) is 9.76. The smallest absolute Gasteiger partial charge is 0.304 e. The minimum absolute atomic E-state index is 0.0549. The molecule has 0 aromatic heterocycles. The number of imide groups is 1. The Labute approximate surface area is 99.2 Å². The average molecular weight is 240 g/mol. The first-order chi connectivity index (χ1) is 8.04. The van der Waals surface area contributed by atoms with Crippen molar-refractivity contribution >= 4 is 17.8 Å². The fraction of sp³-hybridized carbons (Fsp3) is 0.727. The van der Waals surface area contributed by atoms with Crippen molar-refractivity contribution in [2.45, 2.75) is 13.3 Å². The molecule has 0 aromatic carbocycles. The van der Waals surface area contributed by atoms with Crippen LogP contribution in [-0.4, -0.2) is 58.9 Å². The molecule has 0 unspecified atom stereocenters. The number of carboxylic acids is 1. The highest BCUT2D eigenvalue weighted by Crippen LogP contribution is 2.33. The second-order valence-electron chi connectivity index (χ2n) is 4.54. The van der Waals surface area contributed by atoms with E-state index in [4.69, 9.17) is 5.11 Å². The van der Waals surface area contributed by atoms with E-state index in [9.17, 15) is 14.4 Å². The molecule has 2 aliphatic rings. The molecule has 6 nitrogen and oxygen atoms in total. The average Bonchev–Trinajstić information content (AvgIpc) is 2.78. The van der Waals surface area contributed by atoms with Crippen molar-refractivity contribution in [3.05, 3.63) is 0 Å². The lowest BCUT2D eigenvalue weighted by molar-refractivity contribution is -0.140. The number of aliphatic carboxylic acids is 1. The van der Waals surface area contributed by atoms with Crippen LogP contribution in [0.2, 0.25) is 0 Å². The topological polar surface area (TPSA) is 77.9 Å². The predicted octanol–water partition coefficient (Wildman–Crippen LogP) is -0.602. The Balaban J connectivity index is 1.98. The van der Waals surface area contributed by atoms with E-state index in [0.717, 1.165) is 0 Å². The van der Waals surface area contributed by atoms with Crippen molar-refractivity contribution in [2.75, 3.05) is 26.2 Å². The van der Waals surface area contributed by atoms with Gasteiger partial charge < -0.3 is 10.0 Å². The van der Waals surface area contributed by atoms with Crippen LogP contribution in [0.3, 0.4) is 0 Å². The van der Waals surface area contributed by atoms with Crippen LogP contribution in [0.1, 0.15) is 13.3 Å². The van der Waals surface area contributed by atoms with Gasteiger partial charge in [-0.15, -0.1) is 0 Å². The van der Waals surface area contributed by atoms with Gasteiger partial charge in [0.25, 0.3) is 0 Å². The molecule has 0 saturated carbocycles. The third kappa shape index (κ3) is 2.04. The molecular weight excluding hydrogens is 224 g/mol. The molecule has 0 bridgehead atoms.